The van der Waals surface area contributed by atoms with Crippen molar-refractivity contribution in [2.24, 2.45) is 5.92 Å². The molecule has 116 valence electrons. The zero-order chi connectivity index (χ0) is 15.8. The van der Waals surface area contributed by atoms with E-state index in [1.165, 1.54) is 0 Å². The second-order valence-corrected chi connectivity index (χ2v) is 6.07. The number of rotatable bonds is 8. The molecule has 0 aromatic heterocycles. The SMILES string of the molecule is CCC(CC)N(CC(C)C)CC(O)c1ccc(C#N)cc1. The second-order valence-electron chi connectivity index (χ2n) is 6.07. The van der Waals surface area contributed by atoms with Crippen LogP contribution in [-0.2, 0) is 0 Å². The van der Waals surface area contributed by atoms with Gasteiger partial charge < -0.3 is 5.11 Å². The maximum atomic E-state index is 10.5. The molecule has 21 heavy (non-hydrogen) atoms. The van der Waals surface area contributed by atoms with Crippen LogP contribution in [0.5, 0.6) is 0 Å². The molecule has 1 rings (SSSR count). The summed E-state index contributed by atoms with van der Waals surface area (Å²) >= 11 is 0. The summed E-state index contributed by atoms with van der Waals surface area (Å²) in [4.78, 5) is 2.40. The fraction of sp³-hybridized carbons (Fsp3) is 0.611. The van der Waals surface area contributed by atoms with Crippen LogP contribution in [0, 0.1) is 17.2 Å². The predicted molar refractivity (Wildman–Crippen MR) is 86.9 cm³/mol. The van der Waals surface area contributed by atoms with E-state index in [0.717, 1.165) is 24.9 Å². The number of benzene rings is 1. The van der Waals surface area contributed by atoms with Crippen molar-refractivity contribution in [2.75, 3.05) is 13.1 Å². The summed E-state index contributed by atoms with van der Waals surface area (Å²) in [5.41, 5.74) is 1.51. The Labute approximate surface area is 129 Å². The van der Waals surface area contributed by atoms with Crippen molar-refractivity contribution in [1.82, 2.24) is 4.90 Å². The Kier molecular flexibility index (Phi) is 7.42. The molecule has 0 radical (unpaired) electrons. The quantitative estimate of drug-likeness (QED) is 0.792. The Morgan fingerprint density at radius 2 is 1.67 bits per heavy atom. The van der Waals surface area contributed by atoms with Gasteiger partial charge in [0.2, 0.25) is 0 Å². The van der Waals surface area contributed by atoms with Crippen LogP contribution in [0.3, 0.4) is 0 Å². The molecule has 0 spiro atoms. The summed E-state index contributed by atoms with van der Waals surface area (Å²) in [6.45, 7) is 10.5. The molecule has 0 heterocycles. The topological polar surface area (TPSA) is 47.3 Å². The molecule has 1 unspecified atom stereocenters. The van der Waals surface area contributed by atoms with Crippen LogP contribution in [0.25, 0.3) is 0 Å². The number of hydrogen-bond acceptors (Lipinski definition) is 3. The van der Waals surface area contributed by atoms with Gasteiger partial charge in [0, 0.05) is 19.1 Å². The molecule has 3 heteroatoms. The van der Waals surface area contributed by atoms with E-state index < -0.39 is 6.10 Å². The highest BCUT2D eigenvalue weighted by Gasteiger charge is 2.20. The molecule has 0 fully saturated rings. The van der Waals surface area contributed by atoms with E-state index in [2.05, 4.69) is 38.7 Å². The second kappa shape index (κ2) is 8.81. The minimum absolute atomic E-state index is 0.503. The standard InChI is InChI=1S/C18H28N2O/c1-5-17(6-2)20(12-14(3)4)13-18(21)16-9-7-15(11-19)8-10-16/h7-10,14,17-18,21H,5-6,12-13H2,1-4H3. The van der Waals surface area contributed by atoms with Gasteiger partial charge in [-0.2, -0.15) is 5.26 Å². The molecular weight excluding hydrogens is 260 g/mol. The largest absolute Gasteiger partial charge is 0.387 e. The lowest BCUT2D eigenvalue weighted by Crippen LogP contribution is -2.40. The number of aliphatic hydroxyl groups excluding tert-OH is 1. The van der Waals surface area contributed by atoms with Gasteiger partial charge in [-0.1, -0.05) is 39.8 Å². The molecule has 0 saturated carbocycles. The van der Waals surface area contributed by atoms with E-state index >= 15 is 0 Å². The minimum atomic E-state index is -0.503. The lowest BCUT2D eigenvalue weighted by Gasteiger charge is -2.33. The Balaban J connectivity index is 2.78. The number of aliphatic hydroxyl groups is 1. The fourth-order valence-corrected chi connectivity index (χ4v) is 2.75. The van der Waals surface area contributed by atoms with Gasteiger partial charge in [-0.3, -0.25) is 4.90 Å². The molecule has 1 N–H and O–H groups in total. The van der Waals surface area contributed by atoms with E-state index in [0.29, 0.717) is 24.1 Å². The third kappa shape index (κ3) is 5.49. The summed E-state index contributed by atoms with van der Waals surface area (Å²) in [6, 6.07) is 9.85. The number of nitriles is 1. The third-order valence-electron chi connectivity index (χ3n) is 3.89. The van der Waals surface area contributed by atoms with Gasteiger partial charge in [-0.15, -0.1) is 0 Å². The summed E-state index contributed by atoms with van der Waals surface area (Å²) in [7, 11) is 0. The normalized spacial score (nSPS) is 12.9. The molecule has 3 nitrogen and oxygen atoms in total. The Morgan fingerprint density at radius 1 is 1.10 bits per heavy atom. The predicted octanol–water partition coefficient (Wildman–Crippen LogP) is 3.74. The molecule has 1 atom stereocenters. The van der Waals surface area contributed by atoms with E-state index in [1.807, 2.05) is 12.1 Å². The summed E-state index contributed by atoms with van der Waals surface area (Å²) in [5.74, 6) is 0.582. The van der Waals surface area contributed by atoms with Crippen LogP contribution in [0.2, 0.25) is 0 Å². The Bertz CT molecular complexity index is 443. The lowest BCUT2D eigenvalue weighted by atomic mass is 10.0. The van der Waals surface area contributed by atoms with Gasteiger partial charge in [0.1, 0.15) is 0 Å². The summed E-state index contributed by atoms with van der Waals surface area (Å²) in [5, 5.41) is 19.3. The van der Waals surface area contributed by atoms with Crippen molar-refractivity contribution in [1.29, 1.82) is 5.26 Å². The van der Waals surface area contributed by atoms with Crippen molar-refractivity contribution in [2.45, 2.75) is 52.7 Å². The van der Waals surface area contributed by atoms with Crippen molar-refractivity contribution in [3.63, 3.8) is 0 Å². The summed E-state index contributed by atoms with van der Waals surface area (Å²) in [6.07, 6.45) is 1.70. The van der Waals surface area contributed by atoms with Gasteiger partial charge in [0.15, 0.2) is 0 Å². The highest BCUT2D eigenvalue weighted by Crippen LogP contribution is 2.19. The summed E-state index contributed by atoms with van der Waals surface area (Å²) < 4.78 is 0. The Hall–Kier alpha value is -1.37. The van der Waals surface area contributed by atoms with Crippen LogP contribution < -0.4 is 0 Å². The first-order valence-electron chi connectivity index (χ1n) is 7.93. The lowest BCUT2D eigenvalue weighted by molar-refractivity contribution is 0.0751. The number of hydrogen-bond donors (Lipinski definition) is 1. The third-order valence-corrected chi connectivity index (χ3v) is 3.89. The van der Waals surface area contributed by atoms with Gasteiger partial charge in [-0.25, -0.2) is 0 Å². The molecule has 1 aromatic carbocycles. The maximum Gasteiger partial charge on any atom is 0.0991 e. The smallest absolute Gasteiger partial charge is 0.0991 e. The van der Waals surface area contributed by atoms with Crippen LogP contribution in [0.1, 0.15) is 57.8 Å². The average molecular weight is 288 g/mol. The first kappa shape index (κ1) is 17.7. The molecule has 0 amide bonds. The van der Waals surface area contributed by atoms with Gasteiger partial charge in [0.25, 0.3) is 0 Å². The van der Waals surface area contributed by atoms with E-state index in [4.69, 9.17) is 5.26 Å². The van der Waals surface area contributed by atoms with E-state index in [1.54, 1.807) is 12.1 Å². The zero-order valence-electron chi connectivity index (χ0n) is 13.7. The van der Waals surface area contributed by atoms with Gasteiger partial charge >= 0.3 is 0 Å². The molecule has 0 aliphatic carbocycles. The van der Waals surface area contributed by atoms with Crippen molar-refractivity contribution in [3.05, 3.63) is 35.4 Å². The van der Waals surface area contributed by atoms with Crippen LogP contribution in [0.4, 0.5) is 0 Å². The first-order chi connectivity index (χ1) is 10.0. The Morgan fingerprint density at radius 3 is 2.10 bits per heavy atom. The molecule has 1 aromatic rings. The van der Waals surface area contributed by atoms with Crippen molar-refractivity contribution in [3.8, 4) is 6.07 Å². The molecule has 0 aliphatic rings. The highest BCUT2D eigenvalue weighted by atomic mass is 16.3. The number of nitrogens with zero attached hydrogens (tertiary/aromatic N) is 2. The van der Waals surface area contributed by atoms with Crippen LogP contribution >= 0.6 is 0 Å². The molecule has 0 aliphatic heterocycles. The van der Waals surface area contributed by atoms with Gasteiger partial charge in [-0.05, 0) is 36.5 Å². The fourth-order valence-electron chi connectivity index (χ4n) is 2.75. The van der Waals surface area contributed by atoms with E-state index in [-0.39, 0.29) is 0 Å². The van der Waals surface area contributed by atoms with Gasteiger partial charge in [0.05, 0.1) is 17.7 Å². The van der Waals surface area contributed by atoms with Crippen molar-refractivity contribution >= 4 is 0 Å². The average Bonchev–Trinajstić information content (AvgIpc) is 2.47. The van der Waals surface area contributed by atoms with Crippen LogP contribution in [-0.4, -0.2) is 29.1 Å². The van der Waals surface area contributed by atoms with Crippen LogP contribution in [0.15, 0.2) is 24.3 Å². The molecule has 0 saturated heterocycles. The monoisotopic (exact) mass is 288 g/mol. The van der Waals surface area contributed by atoms with E-state index in [9.17, 15) is 5.11 Å². The van der Waals surface area contributed by atoms with Crippen molar-refractivity contribution < 1.29 is 5.11 Å². The highest BCUT2D eigenvalue weighted by molar-refractivity contribution is 5.32. The molecule has 0 bridgehead atoms. The minimum Gasteiger partial charge on any atom is -0.387 e. The maximum absolute atomic E-state index is 10.5. The molecular formula is C18H28N2O. The zero-order valence-corrected chi connectivity index (χ0v) is 13.7. The first-order valence-corrected chi connectivity index (χ1v) is 7.93.